The number of carbonyl (C=O) groups is 1. The van der Waals surface area contributed by atoms with Gasteiger partial charge in [0.25, 0.3) is 5.91 Å². The van der Waals surface area contributed by atoms with Crippen molar-refractivity contribution >= 4 is 23.0 Å². The van der Waals surface area contributed by atoms with Crippen LogP contribution in [0.3, 0.4) is 0 Å². The number of nitro benzene ring substituents is 1. The summed E-state index contributed by atoms with van der Waals surface area (Å²) < 4.78 is 5.36. The molecule has 1 fully saturated rings. The number of amides is 1. The van der Waals surface area contributed by atoms with Crippen molar-refractivity contribution in [3.05, 3.63) is 58.6 Å². The van der Waals surface area contributed by atoms with Gasteiger partial charge in [-0.25, -0.2) is 0 Å². The van der Waals surface area contributed by atoms with Crippen LogP contribution in [0.25, 0.3) is 0 Å². The number of nitrogens with one attached hydrogen (secondary N) is 2. The van der Waals surface area contributed by atoms with Crippen molar-refractivity contribution in [1.29, 1.82) is 0 Å². The highest BCUT2D eigenvalue weighted by molar-refractivity contribution is 5.95. The zero-order valence-electron chi connectivity index (χ0n) is 15.2. The van der Waals surface area contributed by atoms with Gasteiger partial charge in [0.15, 0.2) is 12.4 Å². The van der Waals surface area contributed by atoms with Gasteiger partial charge >= 0.3 is 5.69 Å². The summed E-state index contributed by atoms with van der Waals surface area (Å²) in [5, 5.41) is 13.9. The van der Waals surface area contributed by atoms with Crippen LogP contribution in [0.4, 0.5) is 17.1 Å². The molecule has 8 nitrogen and oxygen atoms in total. The molecule has 3 rings (SSSR count). The molecule has 1 heterocycles. The van der Waals surface area contributed by atoms with Crippen LogP contribution < -0.4 is 19.9 Å². The van der Waals surface area contributed by atoms with Crippen molar-refractivity contribution in [2.24, 2.45) is 0 Å². The number of hydrogen-bond acceptors (Lipinski definition) is 5. The molecule has 0 saturated carbocycles. The summed E-state index contributed by atoms with van der Waals surface area (Å²) in [6, 6.07) is 13.7. The Morgan fingerprint density at radius 2 is 1.85 bits per heavy atom. The summed E-state index contributed by atoms with van der Waals surface area (Å²) >= 11 is 0. The van der Waals surface area contributed by atoms with E-state index in [0.717, 1.165) is 31.9 Å². The lowest BCUT2D eigenvalue weighted by Gasteiger charge is -2.33. The second-order valence-electron chi connectivity index (χ2n) is 6.52. The molecule has 0 atom stereocenters. The Morgan fingerprint density at radius 1 is 1.19 bits per heavy atom. The Hall–Kier alpha value is -3.13. The van der Waals surface area contributed by atoms with Gasteiger partial charge in [0.2, 0.25) is 0 Å². The van der Waals surface area contributed by atoms with Crippen molar-refractivity contribution in [2.75, 3.05) is 50.1 Å². The van der Waals surface area contributed by atoms with Gasteiger partial charge in [-0.3, -0.25) is 14.9 Å². The Labute approximate surface area is 157 Å². The number of likely N-dealkylation sites (N-methyl/N-ethyl adjacent to an activating group) is 1. The molecule has 1 aliphatic rings. The largest absolute Gasteiger partial charge is 0.477 e. The maximum Gasteiger partial charge on any atom is 0.310 e. The average Bonchev–Trinajstić information content (AvgIpc) is 2.68. The van der Waals surface area contributed by atoms with Gasteiger partial charge in [0.1, 0.15) is 0 Å². The number of piperazine rings is 1. The molecule has 0 radical (unpaired) electrons. The molecule has 142 valence electrons. The zero-order chi connectivity index (χ0) is 19.2. The van der Waals surface area contributed by atoms with Gasteiger partial charge in [-0.1, -0.05) is 24.3 Å². The summed E-state index contributed by atoms with van der Waals surface area (Å²) in [6.07, 6.45) is 0. The zero-order valence-corrected chi connectivity index (χ0v) is 15.2. The molecule has 1 amide bonds. The molecule has 0 aliphatic carbocycles. The fraction of sp³-hybridized carbons (Fsp3) is 0.316. The quantitative estimate of drug-likeness (QED) is 0.583. The maximum atomic E-state index is 12.3. The molecule has 1 aliphatic heterocycles. The molecule has 2 aromatic carbocycles. The second kappa shape index (κ2) is 8.50. The number of anilines is 2. The number of ether oxygens (including phenoxy) is 1. The highest BCUT2D eigenvalue weighted by Gasteiger charge is 2.20. The second-order valence-corrected chi connectivity index (χ2v) is 6.52. The van der Waals surface area contributed by atoms with E-state index in [2.05, 4.69) is 17.3 Å². The minimum Gasteiger partial charge on any atom is -0.477 e. The summed E-state index contributed by atoms with van der Waals surface area (Å²) in [4.78, 5) is 26.6. The number of carbonyl (C=O) groups excluding carboxylic acids is 1. The van der Waals surface area contributed by atoms with Crippen LogP contribution in [0.15, 0.2) is 48.5 Å². The third-order valence-electron chi connectivity index (χ3n) is 4.56. The van der Waals surface area contributed by atoms with E-state index in [1.54, 1.807) is 12.1 Å². The third-order valence-corrected chi connectivity index (χ3v) is 4.56. The highest BCUT2D eigenvalue weighted by Crippen LogP contribution is 2.27. The molecular formula is C19H23N4O4+. The van der Waals surface area contributed by atoms with E-state index >= 15 is 0 Å². The first kappa shape index (κ1) is 18.7. The highest BCUT2D eigenvalue weighted by atomic mass is 16.6. The summed E-state index contributed by atoms with van der Waals surface area (Å²) in [7, 11) is 2.17. The number of quaternary nitrogens is 1. The lowest BCUT2D eigenvalue weighted by atomic mass is 10.2. The molecule has 0 aromatic heterocycles. The Bertz CT molecular complexity index is 819. The van der Waals surface area contributed by atoms with Crippen LogP contribution in [-0.2, 0) is 4.79 Å². The Balaban J connectivity index is 1.64. The number of benzene rings is 2. The van der Waals surface area contributed by atoms with E-state index in [0.29, 0.717) is 5.69 Å². The topological polar surface area (TPSA) is 89.2 Å². The van der Waals surface area contributed by atoms with Gasteiger partial charge in [-0.05, 0) is 18.2 Å². The smallest absolute Gasteiger partial charge is 0.310 e. The SMILES string of the molecule is C[NH+]1CCN(c2ccccc2NC(=O)COc2ccccc2[N+](=O)[O-])CC1. The van der Waals surface area contributed by atoms with Crippen LogP contribution in [0, 0.1) is 10.1 Å². The molecule has 27 heavy (non-hydrogen) atoms. The summed E-state index contributed by atoms with van der Waals surface area (Å²) in [6.45, 7) is 3.63. The van der Waals surface area contributed by atoms with E-state index in [4.69, 9.17) is 4.74 Å². The van der Waals surface area contributed by atoms with E-state index < -0.39 is 4.92 Å². The fourth-order valence-electron chi connectivity index (χ4n) is 3.04. The van der Waals surface area contributed by atoms with Gasteiger partial charge in [-0.15, -0.1) is 0 Å². The fourth-order valence-corrected chi connectivity index (χ4v) is 3.04. The minimum absolute atomic E-state index is 0.0768. The minimum atomic E-state index is -0.530. The van der Waals surface area contributed by atoms with Crippen LogP contribution in [0.1, 0.15) is 0 Å². The number of nitro groups is 1. The van der Waals surface area contributed by atoms with Crippen molar-refractivity contribution in [1.82, 2.24) is 0 Å². The van der Waals surface area contributed by atoms with E-state index in [1.807, 2.05) is 24.3 Å². The first-order valence-corrected chi connectivity index (χ1v) is 8.86. The Kier molecular flexibility index (Phi) is 5.87. The van der Waals surface area contributed by atoms with Crippen LogP contribution in [0.2, 0.25) is 0 Å². The average molecular weight is 371 g/mol. The molecule has 8 heteroatoms. The van der Waals surface area contributed by atoms with Gasteiger partial charge < -0.3 is 19.9 Å². The van der Waals surface area contributed by atoms with Gasteiger partial charge in [-0.2, -0.15) is 0 Å². The third kappa shape index (κ3) is 4.73. The van der Waals surface area contributed by atoms with Crippen molar-refractivity contribution in [3.8, 4) is 5.75 Å². The first-order valence-electron chi connectivity index (χ1n) is 8.86. The standard InChI is InChI=1S/C19H22N4O4/c1-21-10-12-22(13-11-21)16-7-3-2-6-15(16)20-19(24)14-27-18-9-5-4-8-17(18)23(25)26/h2-9H,10-14H2,1H3,(H,20,24)/p+1. The van der Waals surface area contributed by atoms with Crippen LogP contribution in [0.5, 0.6) is 5.75 Å². The van der Waals surface area contributed by atoms with Gasteiger partial charge in [0.05, 0.1) is 49.5 Å². The predicted octanol–water partition coefficient (Wildman–Crippen LogP) is 0.947. The lowest BCUT2D eigenvalue weighted by molar-refractivity contribution is -0.880. The monoisotopic (exact) mass is 371 g/mol. The summed E-state index contributed by atoms with van der Waals surface area (Å²) in [5.41, 5.74) is 1.53. The van der Waals surface area contributed by atoms with Crippen LogP contribution >= 0.6 is 0 Å². The maximum absolute atomic E-state index is 12.3. The molecule has 0 spiro atoms. The molecule has 2 aromatic rings. The van der Waals surface area contributed by atoms with Gasteiger partial charge in [0, 0.05) is 6.07 Å². The van der Waals surface area contributed by atoms with Crippen molar-refractivity contribution < 1.29 is 19.4 Å². The normalized spacial score (nSPS) is 14.6. The number of nitrogens with zero attached hydrogens (tertiary/aromatic N) is 2. The van der Waals surface area contributed by atoms with Crippen molar-refractivity contribution in [3.63, 3.8) is 0 Å². The number of para-hydroxylation sites is 4. The molecule has 0 bridgehead atoms. The Morgan fingerprint density at radius 3 is 2.59 bits per heavy atom. The number of rotatable bonds is 6. The van der Waals surface area contributed by atoms with E-state index in [-0.39, 0.29) is 24.0 Å². The molecule has 0 unspecified atom stereocenters. The lowest BCUT2D eigenvalue weighted by Crippen LogP contribution is -3.12. The predicted molar refractivity (Wildman–Crippen MR) is 102 cm³/mol. The molecule has 1 saturated heterocycles. The molecular weight excluding hydrogens is 348 g/mol. The van der Waals surface area contributed by atoms with E-state index in [1.165, 1.54) is 17.0 Å². The summed E-state index contributed by atoms with van der Waals surface area (Å²) in [5.74, 6) is -0.284. The number of hydrogen-bond donors (Lipinski definition) is 2. The first-order chi connectivity index (χ1) is 13.0. The van der Waals surface area contributed by atoms with E-state index in [9.17, 15) is 14.9 Å². The van der Waals surface area contributed by atoms with Crippen LogP contribution in [-0.4, -0.2) is 50.7 Å². The van der Waals surface area contributed by atoms with Crippen molar-refractivity contribution in [2.45, 2.75) is 0 Å². The molecule has 2 N–H and O–H groups in total.